The van der Waals surface area contributed by atoms with Crippen molar-refractivity contribution in [3.05, 3.63) is 59.4 Å². The van der Waals surface area contributed by atoms with Gasteiger partial charge in [-0.3, -0.25) is 4.90 Å². The molecule has 138 valence electrons. The number of carbonyl (C=O) groups is 1. The van der Waals surface area contributed by atoms with Crippen LogP contribution in [0.15, 0.2) is 36.8 Å². The number of carboxylic acid groups (broad SMARTS) is 1. The van der Waals surface area contributed by atoms with Gasteiger partial charge in [0.25, 0.3) is 0 Å². The van der Waals surface area contributed by atoms with Crippen LogP contribution in [0.1, 0.15) is 46.3 Å². The van der Waals surface area contributed by atoms with Crippen molar-refractivity contribution in [1.29, 1.82) is 0 Å². The smallest absolute Gasteiger partial charge is 0.335 e. The van der Waals surface area contributed by atoms with Crippen molar-refractivity contribution < 1.29 is 9.90 Å². The van der Waals surface area contributed by atoms with Gasteiger partial charge in [0, 0.05) is 43.9 Å². The number of rotatable bonds is 5. The number of imidazole rings is 2. The molecule has 7 heteroatoms. The number of aromatic amines is 1. The molecule has 0 amide bonds. The molecule has 2 aliphatic rings. The first kappa shape index (κ1) is 16.3. The molecular weight excluding hydrogens is 342 g/mol. The first-order valence-corrected chi connectivity index (χ1v) is 9.32. The Labute approximate surface area is 156 Å². The van der Waals surface area contributed by atoms with E-state index in [0.29, 0.717) is 6.04 Å². The minimum Gasteiger partial charge on any atom is -0.478 e. The van der Waals surface area contributed by atoms with E-state index in [0.717, 1.165) is 48.8 Å². The molecule has 0 saturated heterocycles. The number of carboxylic acids is 1. The maximum atomic E-state index is 11.0. The Hall–Kier alpha value is -2.93. The van der Waals surface area contributed by atoms with E-state index in [4.69, 9.17) is 10.1 Å². The van der Waals surface area contributed by atoms with Crippen LogP contribution in [-0.4, -0.2) is 42.0 Å². The largest absolute Gasteiger partial charge is 0.478 e. The van der Waals surface area contributed by atoms with Gasteiger partial charge in [0.15, 0.2) is 0 Å². The highest BCUT2D eigenvalue weighted by Gasteiger charge is 2.27. The van der Waals surface area contributed by atoms with E-state index in [1.54, 1.807) is 24.3 Å². The first-order chi connectivity index (χ1) is 13.2. The lowest BCUT2D eigenvalue weighted by molar-refractivity contribution is 0.0697. The van der Waals surface area contributed by atoms with E-state index in [2.05, 4.69) is 19.4 Å². The Bertz CT molecular complexity index is 984. The van der Waals surface area contributed by atoms with E-state index in [9.17, 15) is 4.79 Å². The Morgan fingerprint density at radius 2 is 2.07 bits per heavy atom. The van der Waals surface area contributed by atoms with Crippen LogP contribution < -0.4 is 0 Å². The SMILES string of the molecule is O=C(O)c1ccc(-c2nc3c([nH]2)CN(Cc2cncn2C2CC2)CC3)cc1. The van der Waals surface area contributed by atoms with E-state index in [1.165, 1.54) is 18.5 Å². The van der Waals surface area contributed by atoms with E-state index >= 15 is 0 Å². The molecule has 0 radical (unpaired) electrons. The summed E-state index contributed by atoms with van der Waals surface area (Å²) in [4.78, 5) is 25.9. The zero-order valence-corrected chi connectivity index (χ0v) is 14.9. The van der Waals surface area contributed by atoms with Gasteiger partial charge in [0.1, 0.15) is 5.82 Å². The number of fused-ring (bicyclic) bond motifs is 1. The van der Waals surface area contributed by atoms with Gasteiger partial charge >= 0.3 is 5.97 Å². The second-order valence-corrected chi connectivity index (χ2v) is 7.38. The summed E-state index contributed by atoms with van der Waals surface area (Å²) in [5.74, 6) is -0.108. The molecule has 0 spiro atoms. The van der Waals surface area contributed by atoms with Crippen LogP contribution in [0.25, 0.3) is 11.4 Å². The Balaban J connectivity index is 1.32. The quantitative estimate of drug-likeness (QED) is 0.728. The van der Waals surface area contributed by atoms with Gasteiger partial charge in [-0.25, -0.2) is 14.8 Å². The number of hydrogen-bond acceptors (Lipinski definition) is 4. The van der Waals surface area contributed by atoms with Gasteiger partial charge in [-0.1, -0.05) is 12.1 Å². The predicted molar refractivity (Wildman–Crippen MR) is 99.3 cm³/mol. The van der Waals surface area contributed by atoms with Crippen molar-refractivity contribution in [2.24, 2.45) is 0 Å². The number of aromatic nitrogens is 4. The van der Waals surface area contributed by atoms with Crippen molar-refractivity contribution >= 4 is 5.97 Å². The first-order valence-electron chi connectivity index (χ1n) is 9.32. The highest BCUT2D eigenvalue weighted by molar-refractivity contribution is 5.88. The highest BCUT2D eigenvalue weighted by atomic mass is 16.4. The summed E-state index contributed by atoms with van der Waals surface area (Å²) in [6, 6.07) is 7.49. The number of nitrogens with one attached hydrogen (secondary N) is 1. The van der Waals surface area contributed by atoms with Gasteiger partial charge in [0.2, 0.25) is 0 Å². The number of aromatic carboxylic acids is 1. The fraction of sp³-hybridized carbons (Fsp3) is 0.350. The summed E-state index contributed by atoms with van der Waals surface area (Å²) >= 11 is 0. The maximum Gasteiger partial charge on any atom is 0.335 e. The molecule has 27 heavy (non-hydrogen) atoms. The average molecular weight is 363 g/mol. The summed E-state index contributed by atoms with van der Waals surface area (Å²) in [6.45, 7) is 2.72. The van der Waals surface area contributed by atoms with Crippen LogP contribution in [-0.2, 0) is 19.5 Å². The summed E-state index contributed by atoms with van der Waals surface area (Å²) in [5.41, 5.74) is 4.74. The number of nitrogens with zero attached hydrogens (tertiary/aromatic N) is 4. The Morgan fingerprint density at radius 3 is 2.81 bits per heavy atom. The lowest BCUT2D eigenvalue weighted by atomic mass is 10.1. The lowest BCUT2D eigenvalue weighted by Gasteiger charge is -2.26. The van der Waals surface area contributed by atoms with Crippen LogP contribution >= 0.6 is 0 Å². The van der Waals surface area contributed by atoms with Crippen molar-refractivity contribution in [2.45, 2.75) is 38.4 Å². The van der Waals surface area contributed by atoms with Crippen LogP contribution in [0.4, 0.5) is 0 Å². The van der Waals surface area contributed by atoms with Crippen molar-refractivity contribution in [3.8, 4) is 11.4 Å². The van der Waals surface area contributed by atoms with Gasteiger partial charge in [0.05, 0.1) is 29.0 Å². The average Bonchev–Trinajstić information content (AvgIpc) is 3.26. The lowest BCUT2D eigenvalue weighted by Crippen LogP contribution is -2.30. The molecule has 1 aliphatic heterocycles. The third-order valence-corrected chi connectivity index (χ3v) is 5.39. The molecule has 0 bridgehead atoms. The second kappa shape index (κ2) is 6.35. The van der Waals surface area contributed by atoms with Gasteiger partial charge in [-0.2, -0.15) is 0 Å². The molecule has 1 aromatic carbocycles. The molecular formula is C20H21N5O2. The van der Waals surface area contributed by atoms with E-state index < -0.39 is 5.97 Å². The molecule has 5 rings (SSSR count). The van der Waals surface area contributed by atoms with Gasteiger partial charge in [-0.15, -0.1) is 0 Å². The van der Waals surface area contributed by atoms with Crippen molar-refractivity contribution in [1.82, 2.24) is 24.4 Å². The predicted octanol–water partition coefficient (Wildman–Crippen LogP) is 2.86. The van der Waals surface area contributed by atoms with Crippen LogP contribution in [0.2, 0.25) is 0 Å². The zero-order valence-electron chi connectivity index (χ0n) is 14.9. The number of benzene rings is 1. The summed E-state index contributed by atoms with van der Waals surface area (Å²) < 4.78 is 2.32. The topological polar surface area (TPSA) is 87.0 Å². The van der Waals surface area contributed by atoms with Crippen LogP contribution in [0.5, 0.6) is 0 Å². The molecule has 3 aromatic rings. The van der Waals surface area contributed by atoms with Gasteiger partial charge < -0.3 is 14.7 Å². The summed E-state index contributed by atoms with van der Waals surface area (Å²) in [5, 5.41) is 9.04. The molecule has 0 unspecified atom stereocenters. The fourth-order valence-electron chi connectivity index (χ4n) is 3.76. The molecule has 3 heterocycles. The third kappa shape index (κ3) is 3.14. The minimum atomic E-state index is -0.915. The minimum absolute atomic E-state index is 0.286. The van der Waals surface area contributed by atoms with E-state index in [1.807, 2.05) is 12.5 Å². The monoisotopic (exact) mass is 363 g/mol. The zero-order chi connectivity index (χ0) is 18.4. The Morgan fingerprint density at radius 1 is 1.26 bits per heavy atom. The number of H-pyrrole nitrogens is 1. The molecule has 2 N–H and O–H groups in total. The third-order valence-electron chi connectivity index (χ3n) is 5.39. The number of hydrogen-bond donors (Lipinski definition) is 2. The molecule has 1 fully saturated rings. The van der Waals surface area contributed by atoms with Crippen molar-refractivity contribution in [2.75, 3.05) is 6.54 Å². The molecule has 1 aliphatic carbocycles. The summed E-state index contributed by atoms with van der Waals surface area (Å²) in [7, 11) is 0. The molecule has 0 atom stereocenters. The van der Waals surface area contributed by atoms with E-state index in [-0.39, 0.29) is 5.56 Å². The van der Waals surface area contributed by atoms with Crippen molar-refractivity contribution in [3.63, 3.8) is 0 Å². The maximum absolute atomic E-state index is 11.0. The molecule has 1 saturated carbocycles. The highest BCUT2D eigenvalue weighted by Crippen LogP contribution is 2.36. The van der Waals surface area contributed by atoms with Crippen LogP contribution in [0, 0.1) is 0 Å². The molecule has 2 aromatic heterocycles. The second-order valence-electron chi connectivity index (χ2n) is 7.38. The van der Waals surface area contributed by atoms with Crippen LogP contribution in [0.3, 0.4) is 0 Å². The van der Waals surface area contributed by atoms with Gasteiger partial charge in [-0.05, 0) is 25.0 Å². The Kier molecular flexibility index (Phi) is 3.82. The standard InChI is InChI=1S/C20H21N5O2/c26-20(27)14-3-1-13(2-4-14)19-22-17-7-8-24(11-18(17)23-19)10-16-9-21-12-25(16)15-5-6-15/h1-4,9,12,15H,5-8,10-11H2,(H,22,23)(H,26,27). The molecule has 7 nitrogen and oxygen atoms in total. The summed E-state index contributed by atoms with van der Waals surface area (Å²) in [6.07, 6.45) is 7.38. The normalized spacial score (nSPS) is 17.0. The fourth-order valence-corrected chi connectivity index (χ4v) is 3.76.